The monoisotopic (exact) mass is 506 g/mol. The Morgan fingerprint density at radius 2 is 2.09 bits per heavy atom. The summed E-state index contributed by atoms with van der Waals surface area (Å²) >= 11 is 7.56. The van der Waals surface area contributed by atoms with E-state index in [2.05, 4.69) is 42.4 Å². The molecule has 182 valence electrons. The Morgan fingerprint density at radius 3 is 2.88 bits per heavy atom. The summed E-state index contributed by atoms with van der Waals surface area (Å²) < 4.78 is 5.33. The van der Waals surface area contributed by atoms with Crippen LogP contribution in [0.5, 0.6) is 0 Å². The van der Waals surface area contributed by atoms with Gasteiger partial charge in [0.15, 0.2) is 10.9 Å². The molecule has 0 aromatic carbocycles. The number of carbonyl (C=O) groups excluding carboxylic acids is 2. The standard InChI is InChI=1S/C21H27ClN8O3S/c1-2-17(31)26-14-3-5-30(13-14)18-15(22)11-24-20(27-18)28-21-25-12-16(34-21)19(32)23-4-6-29-7-9-33-10-8-29/h2,11-12,14H,1,3-10,13H2,(H,23,32)(H,26,31)(H,24,25,27,28)/t14-/m1/s1. The van der Waals surface area contributed by atoms with Gasteiger partial charge in [-0.05, 0) is 12.5 Å². The number of hydrogen-bond donors (Lipinski definition) is 3. The van der Waals surface area contributed by atoms with Crippen LogP contribution >= 0.6 is 22.9 Å². The highest BCUT2D eigenvalue weighted by atomic mass is 35.5. The van der Waals surface area contributed by atoms with E-state index in [4.69, 9.17) is 16.3 Å². The van der Waals surface area contributed by atoms with Crippen molar-refractivity contribution < 1.29 is 14.3 Å². The van der Waals surface area contributed by atoms with Crippen molar-refractivity contribution in [1.29, 1.82) is 0 Å². The van der Waals surface area contributed by atoms with E-state index in [9.17, 15) is 9.59 Å². The number of aromatic nitrogens is 3. The maximum atomic E-state index is 12.5. The first kappa shape index (κ1) is 24.3. The van der Waals surface area contributed by atoms with E-state index in [1.165, 1.54) is 29.8 Å². The van der Waals surface area contributed by atoms with Crippen LogP contribution in [0.4, 0.5) is 16.9 Å². The number of halogens is 1. The average molecular weight is 507 g/mol. The summed E-state index contributed by atoms with van der Waals surface area (Å²) in [5.74, 6) is 0.535. The normalized spacial score (nSPS) is 18.5. The molecule has 3 N–H and O–H groups in total. The number of carbonyl (C=O) groups is 2. The minimum Gasteiger partial charge on any atom is -0.379 e. The molecule has 0 radical (unpaired) electrons. The zero-order valence-electron chi connectivity index (χ0n) is 18.6. The van der Waals surface area contributed by atoms with Crippen LogP contribution in [0.25, 0.3) is 0 Å². The van der Waals surface area contributed by atoms with Crippen molar-refractivity contribution in [2.45, 2.75) is 12.5 Å². The third-order valence-corrected chi connectivity index (χ3v) is 6.69. The van der Waals surface area contributed by atoms with Gasteiger partial charge in [0, 0.05) is 45.3 Å². The molecule has 0 saturated carbocycles. The number of rotatable bonds is 9. The summed E-state index contributed by atoms with van der Waals surface area (Å²) in [4.78, 5) is 41.8. The summed E-state index contributed by atoms with van der Waals surface area (Å²) in [5.41, 5.74) is 0. The number of morpholine rings is 1. The molecule has 2 amide bonds. The Balaban J connectivity index is 1.31. The lowest BCUT2D eigenvalue weighted by Gasteiger charge is -2.26. The van der Waals surface area contributed by atoms with Crippen LogP contribution in [-0.2, 0) is 9.53 Å². The van der Waals surface area contributed by atoms with Gasteiger partial charge in [0.05, 0.1) is 25.6 Å². The molecule has 2 aliphatic rings. The molecule has 1 atom stereocenters. The van der Waals surface area contributed by atoms with E-state index in [1.807, 2.05) is 4.90 Å². The number of anilines is 3. The SMILES string of the molecule is C=CC(=O)N[C@@H]1CCN(c2nc(Nc3ncc(C(=O)NCCN4CCOCC4)s3)ncc2Cl)C1. The molecule has 2 aromatic rings. The lowest BCUT2D eigenvalue weighted by atomic mass is 10.2. The third-order valence-electron chi connectivity index (χ3n) is 5.51. The molecule has 2 saturated heterocycles. The molecule has 13 heteroatoms. The van der Waals surface area contributed by atoms with E-state index in [1.54, 1.807) is 0 Å². The molecule has 4 heterocycles. The minimum absolute atomic E-state index is 0.00350. The lowest BCUT2D eigenvalue weighted by Crippen LogP contribution is -2.41. The van der Waals surface area contributed by atoms with Gasteiger partial charge >= 0.3 is 0 Å². The maximum Gasteiger partial charge on any atom is 0.263 e. The lowest BCUT2D eigenvalue weighted by molar-refractivity contribution is -0.117. The van der Waals surface area contributed by atoms with E-state index in [0.29, 0.717) is 46.4 Å². The molecule has 34 heavy (non-hydrogen) atoms. The van der Waals surface area contributed by atoms with Crippen LogP contribution in [0.2, 0.25) is 5.02 Å². The number of amides is 2. The second-order valence-electron chi connectivity index (χ2n) is 7.87. The van der Waals surface area contributed by atoms with Gasteiger partial charge in [-0.3, -0.25) is 19.8 Å². The fourth-order valence-corrected chi connectivity index (χ4v) is 4.68. The van der Waals surface area contributed by atoms with Crippen molar-refractivity contribution in [1.82, 2.24) is 30.5 Å². The Bertz CT molecular complexity index is 1030. The van der Waals surface area contributed by atoms with Crippen molar-refractivity contribution in [2.24, 2.45) is 0 Å². The number of ether oxygens (including phenoxy) is 1. The first-order valence-corrected chi connectivity index (χ1v) is 12.2. The quantitative estimate of drug-likeness (QED) is 0.431. The highest BCUT2D eigenvalue weighted by molar-refractivity contribution is 7.17. The molecule has 0 spiro atoms. The zero-order valence-corrected chi connectivity index (χ0v) is 20.2. The number of thiazole rings is 1. The second kappa shape index (κ2) is 11.6. The van der Waals surface area contributed by atoms with E-state index in [0.717, 1.165) is 39.3 Å². The molecule has 2 aromatic heterocycles. The topological polar surface area (TPSA) is 125 Å². The molecule has 0 bridgehead atoms. The summed E-state index contributed by atoms with van der Waals surface area (Å²) in [6.07, 6.45) is 5.09. The summed E-state index contributed by atoms with van der Waals surface area (Å²) in [6.45, 7) is 9.35. The van der Waals surface area contributed by atoms with Crippen molar-refractivity contribution in [3.63, 3.8) is 0 Å². The predicted molar refractivity (Wildman–Crippen MR) is 131 cm³/mol. The highest BCUT2D eigenvalue weighted by Crippen LogP contribution is 2.28. The number of nitrogens with one attached hydrogen (secondary N) is 3. The van der Waals surface area contributed by atoms with Crippen LogP contribution < -0.4 is 20.9 Å². The van der Waals surface area contributed by atoms with E-state index < -0.39 is 0 Å². The fourth-order valence-electron chi connectivity index (χ4n) is 3.74. The smallest absolute Gasteiger partial charge is 0.263 e. The van der Waals surface area contributed by atoms with Crippen molar-refractivity contribution in [3.05, 3.63) is 34.9 Å². The highest BCUT2D eigenvalue weighted by Gasteiger charge is 2.26. The second-order valence-corrected chi connectivity index (χ2v) is 9.31. The number of hydrogen-bond acceptors (Lipinski definition) is 10. The van der Waals surface area contributed by atoms with Gasteiger partial charge in [0.2, 0.25) is 11.9 Å². The van der Waals surface area contributed by atoms with Crippen LogP contribution in [-0.4, -0.2) is 90.2 Å². The van der Waals surface area contributed by atoms with Gasteiger partial charge in [-0.15, -0.1) is 0 Å². The van der Waals surface area contributed by atoms with Gasteiger partial charge in [-0.1, -0.05) is 29.5 Å². The largest absolute Gasteiger partial charge is 0.379 e. The first-order valence-electron chi connectivity index (χ1n) is 11.0. The Hall–Kier alpha value is -2.80. The van der Waals surface area contributed by atoms with Crippen molar-refractivity contribution in [3.8, 4) is 0 Å². The summed E-state index contributed by atoms with van der Waals surface area (Å²) in [7, 11) is 0. The van der Waals surface area contributed by atoms with Gasteiger partial charge in [0.25, 0.3) is 5.91 Å². The molecular weight excluding hydrogens is 480 g/mol. The Morgan fingerprint density at radius 1 is 1.26 bits per heavy atom. The van der Waals surface area contributed by atoms with Crippen LogP contribution in [0.15, 0.2) is 25.0 Å². The third kappa shape index (κ3) is 6.41. The summed E-state index contributed by atoms with van der Waals surface area (Å²) in [6, 6.07) is -0.00350. The van der Waals surface area contributed by atoms with E-state index in [-0.39, 0.29) is 17.9 Å². The Labute approximate surface area is 206 Å². The first-order chi connectivity index (χ1) is 16.5. The molecule has 4 rings (SSSR count). The molecule has 0 unspecified atom stereocenters. The Kier molecular flexibility index (Phi) is 8.27. The predicted octanol–water partition coefficient (Wildman–Crippen LogP) is 1.27. The molecule has 0 aliphatic carbocycles. The summed E-state index contributed by atoms with van der Waals surface area (Å²) in [5, 5.41) is 9.79. The van der Waals surface area contributed by atoms with Crippen LogP contribution in [0.3, 0.4) is 0 Å². The molecular formula is C21H27ClN8O3S. The fraction of sp³-hybridized carbons (Fsp3) is 0.476. The molecule has 11 nitrogen and oxygen atoms in total. The zero-order chi connectivity index (χ0) is 23.9. The van der Waals surface area contributed by atoms with E-state index >= 15 is 0 Å². The number of nitrogens with zero attached hydrogens (tertiary/aromatic N) is 5. The van der Waals surface area contributed by atoms with Crippen molar-refractivity contribution in [2.75, 3.05) is 62.7 Å². The van der Waals surface area contributed by atoms with Gasteiger partial charge < -0.3 is 20.3 Å². The van der Waals surface area contributed by atoms with Crippen LogP contribution in [0, 0.1) is 0 Å². The molecule has 2 fully saturated rings. The van der Waals surface area contributed by atoms with Gasteiger partial charge in [0.1, 0.15) is 9.90 Å². The average Bonchev–Trinajstić information content (AvgIpc) is 3.51. The van der Waals surface area contributed by atoms with Gasteiger partial charge in [-0.25, -0.2) is 9.97 Å². The minimum atomic E-state index is -0.201. The maximum absolute atomic E-state index is 12.5. The van der Waals surface area contributed by atoms with Gasteiger partial charge in [-0.2, -0.15) is 4.98 Å². The molecule has 2 aliphatic heterocycles. The van der Waals surface area contributed by atoms with Crippen molar-refractivity contribution >= 4 is 51.6 Å². The van der Waals surface area contributed by atoms with Crippen LogP contribution in [0.1, 0.15) is 16.1 Å².